The molecule has 1 aromatic heterocycles. The van der Waals surface area contributed by atoms with Crippen LogP contribution in [0.15, 0.2) is 24.9 Å². The molecule has 0 unspecified atom stereocenters. The Morgan fingerprint density at radius 2 is 2.19 bits per heavy atom. The minimum Gasteiger partial charge on any atom is -0.359 e. The largest absolute Gasteiger partial charge is 0.359 e. The first kappa shape index (κ1) is 15.5. The summed E-state index contributed by atoms with van der Waals surface area (Å²) in [6.07, 6.45) is 4.24. The summed E-state index contributed by atoms with van der Waals surface area (Å²) < 4.78 is 0. The van der Waals surface area contributed by atoms with Crippen molar-refractivity contribution in [3.8, 4) is 0 Å². The molecule has 1 atom stereocenters. The number of nitrogens with zero attached hydrogens (tertiary/aromatic N) is 3. The van der Waals surface area contributed by atoms with Crippen LogP contribution >= 0.6 is 0 Å². The van der Waals surface area contributed by atoms with Gasteiger partial charge in [-0.3, -0.25) is 4.79 Å². The molecule has 1 fully saturated rings. The van der Waals surface area contributed by atoms with Gasteiger partial charge in [0.25, 0.3) is 0 Å². The van der Waals surface area contributed by atoms with E-state index in [4.69, 9.17) is 0 Å². The predicted octanol–water partition coefficient (Wildman–Crippen LogP) is 2.81. The Balaban J connectivity index is 1.98. The molecule has 2 rings (SSSR count). The zero-order valence-corrected chi connectivity index (χ0v) is 13.5. The van der Waals surface area contributed by atoms with Crippen LogP contribution in [-0.2, 0) is 4.79 Å². The highest BCUT2D eigenvalue weighted by Crippen LogP contribution is 2.26. The fraction of sp³-hybridized carbons (Fsp3) is 0.529. The Kier molecular flexibility index (Phi) is 4.35. The maximum atomic E-state index is 12.1. The van der Waals surface area contributed by atoms with E-state index in [0.717, 1.165) is 24.5 Å². The summed E-state index contributed by atoms with van der Waals surface area (Å²) in [4.78, 5) is 20.7. The van der Waals surface area contributed by atoms with Crippen LogP contribution in [0, 0.1) is 5.92 Å². The lowest BCUT2D eigenvalue weighted by Crippen LogP contribution is -2.42. The van der Waals surface area contributed by atoms with Gasteiger partial charge in [0, 0.05) is 44.2 Å². The highest BCUT2D eigenvalue weighted by molar-refractivity contribution is 5.79. The van der Waals surface area contributed by atoms with Gasteiger partial charge in [0.05, 0.1) is 0 Å². The van der Waals surface area contributed by atoms with Crippen molar-refractivity contribution >= 4 is 17.8 Å². The molecule has 1 aliphatic heterocycles. The summed E-state index contributed by atoms with van der Waals surface area (Å²) in [5, 5.41) is 0. The van der Waals surface area contributed by atoms with Crippen LogP contribution in [0.25, 0.3) is 6.08 Å². The van der Waals surface area contributed by atoms with Gasteiger partial charge >= 0.3 is 0 Å². The van der Waals surface area contributed by atoms with Crippen molar-refractivity contribution in [3.05, 3.63) is 30.5 Å². The zero-order valence-electron chi connectivity index (χ0n) is 13.5. The topological polar surface area (TPSA) is 36.4 Å². The van der Waals surface area contributed by atoms with E-state index >= 15 is 0 Å². The first-order chi connectivity index (χ1) is 9.81. The smallest absolute Gasteiger partial charge is 0.223 e. The van der Waals surface area contributed by atoms with Crippen LogP contribution in [0.2, 0.25) is 0 Å². The van der Waals surface area contributed by atoms with Crippen LogP contribution in [0.1, 0.15) is 32.8 Å². The predicted molar refractivity (Wildman–Crippen MR) is 87.2 cm³/mol. The van der Waals surface area contributed by atoms with Gasteiger partial charge in [-0.25, -0.2) is 4.98 Å². The molecule has 0 spiro atoms. The van der Waals surface area contributed by atoms with Crippen molar-refractivity contribution in [1.82, 2.24) is 9.88 Å². The van der Waals surface area contributed by atoms with E-state index in [9.17, 15) is 4.79 Å². The van der Waals surface area contributed by atoms with Gasteiger partial charge in [-0.15, -0.1) is 0 Å². The molecule has 0 saturated carbocycles. The van der Waals surface area contributed by atoms with E-state index < -0.39 is 0 Å². The number of carbonyl (C=O) groups is 1. The summed E-state index contributed by atoms with van der Waals surface area (Å²) in [7, 11) is 2.03. The second-order valence-electron chi connectivity index (χ2n) is 6.78. The van der Waals surface area contributed by atoms with Crippen molar-refractivity contribution in [2.24, 2.45) is 5.92 Å². The first-order valence-electron chi connectivity index (χ1n) is 7.41. The van der Waals surface area contributed by atoms with E-state index in [1.165, 1.54) is 0 Å². The Morgan fingerprint density at radius 1 is 1.48 bits per heavy atom. The summed E-state index contributed by atoms with van der Waals surface area (Å²) in [5.41, 5.74) is 0.927. The summed E-state index contributed by atoms with van der Waals surface area (Å²) in [6.45, 7) is 11.7. The van der Waals surface area contributed by atoms with Crippen LogP contribution < -0.4 is 4.90 Å². The molecule has 21 heavy (non-hydrogen) atoms. The summed E-state index contributed by atoms with van der Waals surface area (Å²) in [6, 6.07) is 4.00. The van der Waals surface area contributed by atoms with E-state index in [1.807, 2.05) is 30.3 Å². The van der Waals surface area contributed by atoms with Crippen LogP contribution in [0.5, 0.6) is 0 Å². The Hall–Kier alpha value is -1.84. The minimum atomic E-state index is -0.0890. The molecule has 0 bridgehead atoms. The average molecular weight is 287 g/mol. The minimum absolute atomic E-state index is 0.0890. The van der Waals surface area contributed by atoms with Crippen LogP contribution in [0.4, 0.5) is 5.82 Å². The van der Waals surface area contributed by atoms with Gasteiger partial charge in [0.1, 0.15) is 5.82 Å². The number of aromatic nitrogens is 1. The van der Waals surface area contributed by atoms with Crippen molar-refractivity contribution in [1.29, 1.82) is 0 Å². The Labute approximate surface area is 127 Å². The molecule has 1 aromatic rings. The monoisotopic (exact) mass is 287 g/mol. The molecule has 2 heterocycles. The molecule has 0 radical (unpaired) electrons. The van der Waals surface area contributed by atoms with Crippen LogP contribution in [0.3, 0.4) is 0 Å². The molecule has 1 aliphatic rings. The number of carbonyl (C=O) groups excluding carboxylic acids is 1. The van der Waals surface area contributed by atoms with E-state index in [0.29, 0.717) is 12.3 Å². The highest BCUT2D eigenvalue weighted by atomic mass is 16.2. The maximum Gasteiger partial charge on any atom is 0.223 e. The van der Waals surface area contributed by atoms with E-state index in [-0.39, 0.29) is 11.4 Å². The van der Waals surface area contributed by atoms with E-state index in [2.05, 4.69) is 37.2 Å². The molecule has 1 saturated heterocycles. The SMILES string of the molecule is C=Cc1ccc(N(C)C[C@H]2CC(=O)N(C(C)(C)C)C2)nc1. The number of anilines is 1. The third-order valence-electron chi connectivity index (χ3n) is 3.94. The van der Waals surface area contributed by atoms with Gasteiger partial charge in [-0.05, 0) is 38.5 Å². The molecule has 4 nitrogen and oxygen atoms in total. The summed E-state index contributed by atoms with van der Waals surface area (Å²) >= 11 is 0. The number of rotatable bonds is 4. The lowest BCUT2D eigenvalue weighted by Gasteiger charge is -2.32. The fourth-order valence-corrected chi connectivity index (χ4v) is 2.78. The number of amides is 1. The van der Waals surface area contributed by atoms with E-state index in [1.54, 1.807) is 6.08 Å². The first-order valence-corrected chi connectivity index (χ1v) is 7.41. The lowest BCUT2D eigenvalue weighted by molar-refractivity contribution is -0.131. The second-order valence-corrected chi connectivity index (χ2v) is 6.78. The molecular weight excluding hydrogens is 262 g/mol. The Bertz CT molecular complexity index is 516. The molecule has 1 amide bonds. The van der Waals surface area contributed by atoms with Gasteiger partial charge < -0.3 is 9.80 Å². The van der Waals surface area contributed by atoms with Crippen LogP contribution in [-0.4, -0.2) is 41.5 Å². The van der Waals surface area contributed by atoms with Gasteiger partial charge in [0.2, 0.25) is 5.91 Å². The number of hydrogen-bond donors (Lipinski definition) is 0. The maximum absolute atomic E-state index is 12.1. The lowest BCUT2D eigenvalue weighted by atomic mass is 10.1. The summed E-state index contributed by atoms with van der Waals surface area (Å²) in [5.74, 6) is 1.56. The normalized spacial score (nSPS) is 19.0. The number of likely N-dealkylation sites (tertiary alicyclic amines) is 1. The number of hydrogen-bond acceptors (Lipinski definition) is 3. The highest BCUT2D eigenvalue weighted by Gasteiger charge is 2.36. The molecule has 114 valence electrons. The van der Waals surface area contributed by atoms with Crippen molar-refractivity contribution in [3.63, 3.8) is 0 Å². The van der Waals surface area contributed by atoms with Crippen molar-refractivity contribution in [2.45, 2.75) is 32.7 Å². The standard InChI is InChI=1S/C17H25N3O/c1-6-13-7-8-15(18-10-13)19(5)11-14-9-16(21)20(12-14)17(2,3)4/h6-8,10,14H,1,9,11-12H2,2-5H3/t14-/m1/s1. The molecule has 0 N–H and O–H groups in total. The molecule has 0 aliphatic carbocycles. The second kappa shape index (κ2) is 5.88. The zero-order chi connectivity index (χ0) is 15.6. The number of pyridine rings is 1. The Morgan fingerprint density at radius 3 is 2.67 bits per heavy atom. The molecule has 4 heteroatoms. The third-order valence-corrected chi connectivity index (χ3v) is 3.94. The van der Waals surface area contributed by atoms with Crippen molar-refractivity contribution < 1.29 is 4.79 Å². The van der Waals surface area contributed by atoms with Gasteiger partial charge in [-0.1, -0.05) is 12.7 Å². The van der Waals surface area contributed by atoms with Gasteiger partial charge in [-0.2, -0.15) is 0 Å². The van der Waals surface area contributed by atoms with Gasteiger partial charge in [0.15, 0.2) is 0 Å². The quantitative estimate of drug-likeness (QED) is 0.854. The third kappa shape index (κ3) is 3.63. The molecular formula is C17H25N3O. The fourth-order valence-electron chi connectivity index (χ4n) is 2.78. The average Bonchev–Trinajstić information content (AvgIpc) is 2.79. The van der Waals surface area contributed by atoms with Crippen molar-refractivity contribution in [2.75, 3.05) is 25.0 Å². The molecule has 0 aromatic carbocycles.